The summed E-state index contributed by atoms with van der Waals surface area (Å²) in [5.41, 5.74) is 1.20. The van der Waals surface area contributed by atoms with Crippen LogP contribution < -0.4 is 16.0 Å². The van der Waals surface area contributed by atoms with Crippen LogP contribution in [0.15, 0.2) is 48.5 Å². The molecule has 1 fully saturated rings. The zero-order valence-corrected chi connectivity index (χ0v) is 16.7. The van der Waals surface area contributed by atoms with Crippen molar-refractivity contribution in [2.24, 2.45) is 0 Å². The van der Waals surface area contributed by atoms with Gasteiger partial charge in [0.25, 0.3) is 0 Å². The van der Waals surface area contributed by atoms with Crippen LogP contribution in [0.25, 0.3) is 0 Å². The highest BCUT2D eigenvalue weighted by Crippen LogP contribution is 2.21. The molecule has 1 aliphatic rings. The molecule has 0 bridgehead atoms. The Morgan fingerprint density at radius 3 is 2.76 bits per heavy atom. The van der Waals surface area contributed by atoms with Gasteiger partial charge in [-0.25, -0.2) is 4.39 Å². The van der Waals surface area contributed by atoms with Crippen LogP contribution in [0.1, 0.15) is 35.7 Å². The first kappa shape index (κ1) is 21.0. The summed E-state index contributed by atoms with van der Waals surface area (Å²) in [5, 5.41) is 8.77. The Bertz CT molecular complexity index is 922. The molecule has 29 heavy (non-hydrogen) atoms. The number of benzene rings is 2. The first-order valence-corrected chi connectivity index (χ1v) is 10.3. The van der Waals surface area contributed by atoms with Crippen molar-refractivity contribution >= 4 is 35.0 Å². The van der Waals surface area contributed by atoms with Gasteiger partial charge in [-0.3, -0.25) is 19.7 Å². The van der Waals surface area contributed by atoms with E-state index < -0.39 is 5.50 Å². The Morgan fingerprint density at radius 2 is 2.00 bits per heavy atom. The van der Waals surface area contributed by atoms with E-state index in [-0.39, 0.29) is 42.3 Å². The number of carbonyl (C=O) groups excluding carboxylic acids is 3. The second kappa shape index (κ2) is 9.67. The molecule has 8 heteroatoms. The van der Waals surface area contributed by atoms with Crippen molar-refractivity contribution in [3.05, 3.63) is 65.5 Å². The summed E-state index contributed by atoms with van der Waals surface area (Å²) in [6, 6.07) is 12.9. The third kappa shape index (κ3) is 6.13. The van der Waals surface area contributed by atoms with E-state index in [1.807, 2.05) is 0 Å². The van der Waals surface area contributed by atoms with Crippen LogP contribution in [0.3, 0.4) is 0 Å². The average Bonchev–Trinajstić information content (AvgIpc) is 2.67. The summed E-state index contributed by atoms with van der Waals surface area (Å²) >= 11 is 1.36. The monoisotopic (exact) mass is 415 g/mol. The summed E-state index contributed by atoms with van der Waals surface area (Å²) in [6.45, 7) is 1.46. The van der Waals surface area contributed by atoms with Gasteiger partial charge in [-0.05, 0) is 30.7 Å². The third-order valence-corrected chi connectivity index (χ3v) is 5.52. The quantitative estimate of drug-likeness (QED) is 0.605. The van der Waals surface area contributed by atoms with Crippen molar-refractivity contribution < 1.29 is 18.8 Å². The largest absolute Gasteiger partial charge is 0.332 e. The average molecular weight is 415 g/mol. The number of nitrogens with one attached hydrogen (secondary N) is 3. The number of carbonyl (C=O) groups is 3. The zero-order chi connectivity index (χ0) is 20.8. The Labute approximate surface area is 172 Å². The third-order valence-electron chi connectivity index (χ3n) is 4.46. The van der Waals surface area contributed by atoms with E-state index in [2.05, 4.69) is 16.0 Å². The Kier molecular flexibility index (Phi) is 7.00. The van der Waals surface area contributed by atoms with Crippen LogP contribution >= 0.6 is 11.8 Å². The maximum absolute atomic E-state index is 13.8. The molecule has 152 valence electrons. The van der Waals surface area contributed by atoms with Crippen LogP contribution in [0.4, 0.5) is 10.1 Å². The van der Waals surface area contributed by atoms with E-state index in [4.69, 9.17) is 0 Å². The van der Waals surface area contributed by atoms with E-state index in [0.717, 1.165) is 0 Å². The predicted molar refractivity (Wildman–Crippen MR) is 111 cm³/mol. The number of rotatable bonds is 7. The molecule has 0 aromatic heterocycles. The lowest BCUT2D eigenvalue weighted by molar-refractivity contribution is -0.124. The van der Waals surface area contributed by atoms with Crippen molar-refractivity contribution in [1.82, 2.24) is 10.6 Å². The Balaban J connectivity index is 1.54. The summed E-state index contributed by atoms with van der Waals surface area (Å²) in [4.78, 5) is 35.9. The first-order chi connectivity index (χ1) is 13.9. The molecule has 2 atom stereocenters. The topological polar surface area (TPSA) is 87.3 Å². The lowest BCUT2D eigenvalue weighted by atomic mass is 10.1. The van der Waals surface area contributed by atoms with Crippen LogP contribution in [-0.4, -0.2) is 29.1 Å². The molecule has 0 saturated carbocycles. The van der Waals surface area contributed by atoms with Gasteiger partial charge in [0.05, 0.1) is 0 Å². The number of amides is 2. The van der Waals surface area contributed by atoms with E-state index in [1.54, 1.807) is 42.5 Å². The maximum atomic E-state index is 13.8. The lowest BCUT2D eigenvalue weighted by Gasteiger charge is -2.31. The van der Waals surface area contributed by atoms with E-state index >= 15 is 0 Å². The van der Waals surface area contributed by atoms with Gasteiger partial charge in [-0.1, -0.05) is 30.3 Å². The van der Waals surface area contributed by atoms with Crippen molar-refractivity contribution in [3.8, 4) is 0 Å². The van der Waals surface area contributed by atoms with Crippen molar-refractivity contribution in [3.63, 3.8) is 0 Å². The van der Waals surface area contributed by atoms with Gasteiger partial charge in [0.15, 0.2) is 5.78 Å². The summed E-state index contributed by atoms with van der Waals surface area (Å²) < 4.78 is 13.8. The minimum Gasteiger partial charge on any atom is -0.332 e. The standard InChI is InChI=1S/C21H22FN3O3S/c1-13(26)14-6-4-7-16(9-14)23-19(27)10-17-11-20(28)25-21(24-17)29-12-15-5-2-3-8-18(15)22/h2-9,17,21,24H,10-12H2,1H3,(H,23,27)(H,25,28). The summed E-state index contributed by atoms with van der Waals surface area (Å²) in [6.07, 6.45) is 0.284. The van der Waals surface area contributed by atoms with E-state index in [9.17, 15) is 18.8 Å². The minimum atomic E-state index is -0.408. The molecule has 0 radical (unpaired) electrons. The second-order valence-corrected chi connectivity index (χ2v) is 7.90. The fraction of sp³-hybridized carbons (Fsp3) is 0.286. The van der Waals surface area contributed by atoms with Gasteiger partial charge in [0, 0.05) is 35.9 Å². The molecule has 2 unspecified atom stereocenters. The van der Waals surface area contributed by atoms with Crippen LogP contribution in [-0.2, 0) is 15.3 Å². The molecule has 3 N–H and O–H groups in total. The number of anilines is 1. The number of hydrogen-bond donors (Lipinski definition) is 3. The van der Waals surface area contributed by atoms with Gasteiger partial charge in [-0.2, -0.15) is 0 Å². The van der Waals surface area contributed by atoms with Crippen molar-refractivity contribution in [1.29, 1.82) is 0 Å². The highest BCUT2D eigenvalue weighted by atomic mass is 32.2. The molecule has 2 aromatic carbocycles. The molecule has 3 rings (SSSR count). The molecule has 2 aromatic rings. The fourth-order valence-corrected chi connectivity index (χ4v) is 4.09. The Morgan fingerprint density at radius 1 is 1.21 bits per heavy atom. The highest BCUT2D eigenvalue weighted by Gasteiger charge is 2.27. The summed E-state index contributed by atoms with van der Waals surface area (Å²) in [5.74, 6) is -0.393. The molecule has 0 aliphatic carbocycles. The fourth-order valence-electron chi connectivity index (χ4n) is 3.00. The number of thioether (sulfide) groups is 1. The lowest BCUT2D eigenvalue weighted by Crippen LogP contribution is -2.55. The first-order valence-electron chi connectivity index (χ1n) is 9.22. The normalized spacial score (nSPS) is 18.8. The smallest absolute Gasteiger partial charge is 0.225 e. The second-order valence-electron chi connectivity index (χ2n) is 6.81. The Hall–Kier alpha value is -2.71. The zero-order valence-electron chi connectivity index (χ0n) is 15.9. The van der Waals surface area contributed by atoms with Gasteiger partial charge in [0.2, 0.25) is 11.8 Å². The van der Waals surface area contributed by atoms with Crippen LogP contribution in [0, 0.1) is 5.82 Å². The SMILES string of the molecule is CC(=O)c1cccc(NC(=O)CC2CC(=O)NC(SCc3ccccc3F)N2)c1. The van der Waals surface area contributed by atoms with Gasteiger partial charge < -0.3 is 10.6 Å². The summed E-state index contributed by atoms with van der Waals surface area (Å²) in [7, 11) is 0. The molecular formula is C21H22FN3O3S. The molecule has 1 saturated heterocycles. The predicted octanol–water partition coefficient (Wildman–Crippen LogP) is 3.05. The molecule has 1 aliphatic heterocycles. The molecule has 6 nitrogen and oxygen atoms in total. The molecule has 2 amide bonds. The van der Waals surface area contributed by atoms with Crippen molar-refractivity contribution in [2.45, 2.75) is 37.1 Å². The number of hydrogen-bond acceptors (Lipinski definition) is 5. The maximum Gasteiger partial charge on any atom is 0.225 e. The molecule has 0 spiro atoms. The van der Waals surface area contributed by atoms with Gasteiger partial charge in [0.1, 0.15) is 11.3 Å². The molecular weight excluding hydrogens is 393 g/mol. The number of ketones is 1. The van der Waals surface area contributed by atoms with E-state index in [0.29, 0.717) is 22.6 Å². The number of Topliss-reactive ketones (excluding diaryl/α,β-unsaturated/α-hetero) is 1. The van der Waals surface area contributed by atoms with Gasteiger partial charge in [-0.15, -0.1) is 11.8 Å². The molecule has 1 heterocycles. The van der Waals surface area contributed by atoms with Crippen LogP contribution in [0.5, 0.6) is 0 Å². The van der Waals surface area contributed by atoms with Gasteiger partial charge >= 0.3 is 0 Å². The minimum absolute atomic E-state index is 0.0820. The number of halogens is 1. The highest BCUT2D eigenvalue weighted by molar-refractivity contribution is 7.99. The van der Waals surface area contributed by atoms with Crippen molar-refractivity contribution in [2.75, 3.05) is 5.32 Å². The van der Waals surface area contributed by atoms with Crippen LogP contribution in [0.2, 0.25) is 0 Å². The van der Waals surface area contributed by atoms with E-state index in [1.165, 1.54) is 24.8 Å².